The van der Waals surface area contributed by atoms with Gasteiger partial charge in [-0.25, -0.2) is 9.78 Å². The summed E-state index contributed by atoms with van der Waals surface area (Å²) in [6.45, 7) is 0.637. The number of aromatic carboxylic acids is 1. The quantitative estimate of drug-likeness (QED) is 0.840. The van der Waals surface area contributed by atoms with E-state index in [0.717, 1.165) is 23.8 Å². The summed E-state index contributed by atoms with van der Waals surface area (Å²) in [5.74, 6) is -0.156. The number of rotatable bonds is 2. The monoisotopic (exact) mass is 258 g/mol. The summed E-state index contributed by atoms with van der Waals surface area (Å²) in [4.78, 5) is 28.8. The van der Waals surface area contributed by atoms with E-state index in [9.17, 15) is 9.59 Å². The maximum absolute atomic E-state index is 11.4. The van der Waals surface area contributed by atoms with Gasteiger partial charge in [0, 0.05) is 18.1 Å². The Labute approximate surface area is 107 Å². The van der Waals surface area contributed by atoms with Crippen molar-refractivity contribution in [2.75, 3.05) is 6.61 Å². The smallest absolute Gasteiger partial charge is 0.354 e. The standard InChI is InChI=1S/C13H10N2O4/c16-11-6-9(13(17)18)14-12(15-11)8-1-2-10-7(5-8)3-4-19-10/h1-2,5-6H,3-4H2,(H,17,18)(H,14,15,16). The number of ether oxygens (including phenoxy) is 1. The summed E-state index contributed by atoms with van der Waals surface area (Å²) in [5.41, 5.74) is 0.944. The number of benzene rings is 1. The first-order chi connectivity index (χ1) is 9.13. The van der Waals surface area contributed by atoms with Crippen molar-refractivity contribution in [2.24, 2.45) is 0 Å². The van der Waals surface area contributed by atoms with Crippen LogP contribution in [0.3, 0.4) is 0 Å². The highest BCUT2D eigenvalue weighted by atomic mass is 16.5. The number of H-pyrrole nitrogens is 1. The lowest BCUT2D eigenvalue weighted by molar-refractivity contribution is 0.0690. The first-order valence-electron chi connectivity index (χ1n) is 5.74. The maximum Gasteiger partial charge on any atom is 0.354 e. The Morgan fingerprint density at radius 1 is 1.37 bits per heavy atom. The molecule has 2 aromatic rings. The Morgan fingerprint density at radius 3 is 3.00 bits per heavy atom. The van der Waals surface area contributed by atoms with Crippen LogP contribution in [0.5, 0.6) is 5.75 Å². The van der Waals surface area contributed by atoms with E-state index in [1.807, 2.05) is 6.07 Å². The van der Waals surface area contributed by atoms with E-state index in [1.165, 1.54) is 0 Å². The summed E-state index contributed by atoms with van der Waals surface area (Å²) in [6, 6.07) is 6.35. The minimum Gasteiger partial charge on any atom is -0.493 e. The SMILES string of the molecule is O=C(O)c1cc(=O)[nH]c(-c2ccc3c(c2)CCO3)n1. The molecule has 0 unspecified atom stereocenters. The van der Waals surface area contributed by atoms with Crippen molar-refractivity contribution >= 4 is 5.97 Å². The normalized spacial score (nSPS) is 12.8. The zero-order valence-corrected chi connectivity index (χ0v) is 9.84. The van der Waals surface area contributed by atoms with Crippen LogP contribution in [-0.2, 0) is 6.42 Å². The van der Waals surface area contributed by atoms with Gasteiger partial charge in [0.2, 0.25) is 0 Å². The number of nitrogens with zero attached hydrogens (tertiary/aromatic N) is 1. The molecule has 2 N–H and O–H groups in total. The minimum atomic E-state index is -1.23. The number of carboxylic acid groups (broad SMARTS) is 1. The molecule has 6 heteroatoms. The van der Waals surface area contributed by atoms with Crippen molar-refractivity contribution in [3.05, 3.63) is 45.9 Å². The van der Waals surface area contributed by atoms with E-state index in [4.69, 9.17) is 9.84 Å². The predicted octanol–water partition coefficient (Wildman–Crippen LogP) is 1.07. The molecule has 0 aliphatic carbocycles. The molecule has 0 saturated heterocycles. The number of carbonyl (C=O) groups is 1. The Balaban J connectivity index is 2.11. The Morgan fingerprint density at radius 2 is 2.21 bits per heavy atom. The average Bonchev–Trinajstić information content (AvgIpc) is 2.85. The van der Waals surface area contributed by atoms with E-state index in [-0.39, 0.29) is 11.5 Å². The fourth-order valence-corrected chi connectivity index (χ4v) is 2.04. The largest absolute Gasteiger partial charge is 0.493 e. The summed E-state index contributed by atoms with van der Waals surface area (Å²) >= 11 is 0. The Kier molecular flexibility index (Phi) is 2.56. The van der Waals surface area contributed by atoms with Crippen molar-refractivity contribution in [1.29, 1.82) is 0 Å². The van der Waals surface area contributed by atoms with Crippen LogP contribution >= 0.6 is 0 Å². The molecular weight excluding hydrogens is 248 g/mol. The van der Waals surface area contributed by atoms with Gasteiger partial charge in [0.15, 0.2) is 5.69 Å². The number of nitrogens with one attached hydrogen (secondary N) is 1. The van der Waals surface area contributed by atoms with Crippen LogP contribution in [0.2, 0.25) is 0 Å². The van der Waals surface area contributed by atoms with Crippen LogP contribution in [0, 0.1) is 0 Å². The number of aromatic nitrogens is 2. The van der Waals surface area contributed by atoms with Crippen LogP contribution in [0.1, 0.15) is 16.1 Å². The molecule has 0 amide bonds. The van der Waals surface area contributed by atoms with E-state index in [1.54, 1.807) is 12.1 Å². The molecule has 1 aliphatic rings. The van der Waals surface area contributed by atoms with Gasteiger partial charge in [-0.3, -0.25) is 4.79 Å². The lowest BCUT2D eigenvalue weighted by Crippen LogP contribution is -2.13. The van der Waals surface area contributed by atoms with Crippen LogP contribution < -0.4 is 10.3 Å². The third-order valence-electron chi connectivity index (χ3n) is 2.92. The average molecular weight is 258 g/mol. The highest BCUT2D eigenvalue weighted by molar-refractivity contribution is 5.85. The molecule has 19 heavy (non-hydrogen) atoms. The van der Waals surface area contributed by atoms with E-state index in [0.29, 0.717) is 12.2 Å². The first-order valence-corrected chi connectivity index (χ1v) is 5.74. The number of aromatic amines is 1. The molecule has 0 radical (unpaired) electrons. The zero-order chi connectivity index (χ0) is 13.4. The third-order valence-corrected chi connectivity index (χ3v) is 2.92. The number of hydrogen-bond acceptors (Lipinski definition) is 4. The van der Waals surface area contributed by atoms with Crippen LogP contribution in [0.15, 0.2) is 29.1 Å². The van der Waals surface area contributed by atoms with Crippen molar-refractivity contribution in [3.63, 3.8) is 0 Å². The summed E-state index contributed by atoms with van der Waals surface area (Å²) in [5, 5.41) is 8.90. The lowest BCUT2D eigenvalue weighted by Gasteiger charge is -2.04. The lowest BCUT2D eigenvalue weighted by atomic mass is 10.1. The second-order valence-electron chi connectivity index (χ2n) is 4.21. The molecule has 0 spiro atoms. The van der Waals surface area contributed by atoms with Crippen molar-refractivity contribution in [1.82, 2.24) is 9.97 Å². The maximum atomic E-state index is 11.4. The van der Waals surface area contributed by atoms with Gasteiger partial charge in [-0.15, -0.1) is 0 Å². The molecule has 0 fully saturated rings. The van der Waals surface area contributed by atoms with Gasteiger partial charge in [0.25, 0.3) is 5.56 Å². The summed E-state index contributed by atoms with van der Waals surface area (Å²) < 4.78 is 5.39. The van der Waals surface area contributed by atoms with Gasteiger partial charge in [0.05, 0.1) is 6.61 Å². The number of hydrogen-bond donors (Lipinski definition) is 2. The van der Waals surface area contributed by atoms with Gasteiger partial charge in [-0.1, -0.05) is 0 Å². The van der Waals surface area contributed by atoms with Crippen molar-refractivity contribution in [3.8, 4) is 17.1 Å². The first kappa shape index (κ1) is 11.5. The third kappa shape index (κ3) is 2.08. The van der Waals surface area contributed by atoms with Gasteiger partial charge in [-0.05, 0) is 23.8 Å². The topological polar surface area (TPSA) is 92.3 Å². The van der Waals surface area contributed by atoms with E-state index < -0.39 is 11.5 Å². The predicted molar refractivity (Wildman–Crippen MR) is 66.5 cm³/mol. The highest BCUT2D eigenvalue weighted by Gasteiger charge is 2.15. The minimum absolute atomic E-state index is 0.250. The fourth-order valence-electron chi connectivity index (χ4n) is 2.04. The van der Waals surface area contributed by atoms with Crippen molar-refractivity contribution < 1.29 is 14.6 Å². The van der Waals surface area contributed by atoms with E-state index >= 15 is 0 Å². The van der Waals surface area contributed by atoms with Gasteiger partial charge >= 0.3 is 5.97 Å². The molecule has 1 aromatic carbocycles. The van der Waals surface area contributed by atoms with Gasteiger partial charge < -0.3 is 14.8 Å². The van der Waals surface area contributed by atoms with Crippen LogP contribution in [0.4, 0.5) is 0 Å². The van der Waals surface area contributed by atoms with Gasteiger partial charge in [0.1, 0.15) is 11.6 Å². The highest BCUT2D eigenvalue weighted by Crippen LogP contribution is 2.28. The molecule has 6 nitrogen and oxygen atoms in total. The zero-order valence-electron chi connectivity index (χ0n) is 9.84. The van der Waals surface area contributed by atoms with E-state index in [2.05, 4.69) is 9.97 Å². The second-order valence-corrected chi connectivity index (χ2v) is 4.21. The summed E-state index contributed by atoms with van der Waals surface area (Å²) in [6.07, 6.45) is 0.798. The number of fused-ring (bicyclic) bond motifs is 1. The summed E-state index contributed by atoms with van der Waals surface area (Å²) in [7, 11) is 0. The van der Waals surface area contributed by atoms with Crippen molar-refractivity contribution in [2.45, 2.75) is 6.42 Å². The molecule has 0 saturated carbocycles. The fraction of sp³-hybridized carbons (Fsp3) is 0.154. The van der Waals surface area contributed by atoms with Gasteiger partial charge in [-0.2, -0.15) is 0 Å². The molecule has 0 bridgehead atoms. The Bertz CT molecular complexity index is 721. The molecule has 2 heterocycles. The molecule has 96 valence electrons. The molecule has 1 aliphatic heterocycles. The molecular formula is C13H10N2O4. The number of carboxylic acids is 1. The van der Waals surface area contributed by atoms with Crippen LogP contribution in [0.25, 0.3) is 11.4 Å². The van der Waals surface area contributed by atoms with Crippen LogP contribution in [-0.4, -0.2) is 27.7 Å². The molecule has 0 atom stereocenters. The Hall–Kier alpha value is -2.63. The second kappa shape index (κ2) is 4.24. The molecule has 1 aromatic heterocycles. The molecule has 3 rings (SSSR count).